The van der Waals surface area contributed by atoms with Gasteiger partial charge in [0.2, 0.25) is 5.91 Å². The number of anilines is 1. The number of nitrogens with two attached hydrogens (primary N) is 1. The van der Waals surface area contributed by atoms with Gasteiger partial charge in [-0.3, -0.25) is 14.7 Å². The summed E-state index contributed by atoms with van der Waals surface area (Å²) in [5.41, 5.74) is 8.34. The second-order valence-corrected chi connectivity index (χ2v) is 8.26. The Hall–Kier alpha value is -2.81. The first kappa shape index (κ1) is 23.8. The van der Waals surface area contributed by atoms with E-state index in [1.165, 1.54) is 12.1 Å². The molecule has 1 fully saturated rings. The number of ether oxygens (including phenoxy) is 1. The van der Waals surface area contributed by atoms with Crippen LogP contribution in [0.1, 0.15) is 37.3 Å². The fourth-order valence-corrected chi connectivity index (χ4v) is 4.17. The molecular weight excluding hydrogens is 421 g/mol. The third-order valence-electron chi connectivity index (χ3n) is 5.95. The normalized spacial score (nSPS) is 16.5. The lowest BCUT2D eigenvalue weighted by atomic mass is 9.99. The Morgan fingerprint density at radius 2 is 1.91 bits per heavy atom. The van der Waals surface area contributed by atoms with Crippen LogP contribution in [0.15, 0.2) is 42.7 Å². The summed E-state index contributed by atoms with van der Waals surface area (Å²) in [6, 6.07) is 8.24. The van der Waals surface area contributed by atoms with Crippen LogP contribution < -0.4 is 15.4 Å². The van der Waals surface area contributed by atoms with Crippen molar-refractivity contribution in [1.82, 2.24) is 9.88 Å². The fraction of sp³-hybridized carbons (Fsp3) is 0.478. The van der Waals surface area contributed by atoms with Crippen molar-refractivity contribution in [2.75, 3.05) is 18.0 Å². The number of primary amides is 1. The number of benzene rings is 1. The number of pyridine rings is 1. The van der Waals surface area contributed by atoms with Crippen molar-refractivity contribution < 1.29 is 22.7 Å². The van der Waals surface area contributed by atoms with E-state index in [1.807, 2.05) is 26.1 Å². The smallest absolute Gasteiger partial charge is 0.406 e. The van der Waals surface area contributed by atoms with Gasteiger partial charge in [-0.2, -0.15) is 0 Å². The maximum atomic E-state index is 12.5. The Bertz CT molecular complexity index is 897. The molecule has 0 radical (unpaired) electrons. The summed E-state index contributed by atoms with van der Waals surface area (Å²) in [7, 11) is 0. The number of hydrogen-bond acceptors (Lipinski definition) is 5. The number of aromatic nitrogens is 1. The van der Waals surface area contributed by atoms with Crippen LogP contribution in [0.4, 0.5) is 18.9 Å². The van der Waals surface area contributed by atoms with Crippen LogP contribution in [0.2, 0.25) is 0 Å². The van der Waals surface area contributed by atoms with Gasteiger partial charge in [-0.1, -0.05) is 0 Å². The van der Waals surface area contributed by atoms with Gasteiger partial charge >= 0.3 is 6.36 Å². The van der Waals surface area contributed by atoms with Crippen LogP contribution in [-0.4, -0.2) is 47.3 Å². The summed E-state index contributed by atoms with van der Waals surface area (Å²) in [4.78, 5) is 20.0. The van der Waals surface area contributed by atoms with Crippen LogP contribution in [0.3, 0.4) is 0 Å². The van der Waals surface area contributed by atoms with E-state index >= 15 is 0 Å². The Balaban J connectivity index is 1.78. The molecule has 1 amide bonds. The topological polar surface area (TPSA) is 71.7 Å². The molecule has 1 saturated heterocycles. The summed E-state index contributed by atoms with van der Waals surface area (Å²) >= 11 is 0. The van der Waals surface area contributed by atoms with Crippen molar-refractivity contribution in [2.24, 2.45) is 5.73 Å². The highest BCUT2D eigenvalue weighted by atomic mass is 19.4. The molecular formula is C23H29F3N4O2. The lowest BCUT2D eigenvalue weighted by Gasteiger charge is -2.42. The van der Waals surface area contributed by atoms with Gasteiger partial charge in [0.1, 0.15) is 5.75 Å². The van der Waals surface area contributed by atoms with Crippen molar-refractivity contribution in [3.05, 3.63) is 53.9 Å². The minimum atomic E-state index is -4.72. The van der Waals surface area contributed by atoms with E-state index in [1.54, 1.807) is 18.3 Å². The van der Waals surface area contributed by atoms with Gasteiger partial charge in [-0.25, -0.2) is 0 Å². The number of piperidine rings is 1. The molecule has 1 atom stereocenters. The van der Waals surface area contributed by atoms with Crippen LogP contribution in [0.25, 0.3) is 0 Å². The summed E-state index contributed by atoms with van der Waals surface area (Å²) in [5, 5.41) is 0. The van der Waals surface area contributed by atoms with E-state index < -0.39 is 6.36 Å². The van der Waals surface area contributed by atoms with Crippen LogP contribution in [0.5, 0.6) is 5.75 Å². The van der Waals surface area contributed by atoms with Gasteiger partial charge in [0.25, 0.3) is 0 Å². The molecule has 3 rings (SSSR count). The highest BCUT2D eigenvalue weighted by Gasteiger charge is 2.31. The number of carbonyl (C=O) groups excluding carboxylic acids is 1. The second kappa shape index (κ2) is 10.2. The fourth-order valence-electron chi connectivity index (χ4n) is 4.17. The lowest BCUT2D eigenvalue weighted by Crippen LogP contribution is -2.48. The highest BCUT2D eigenvalue weighted by molar-refractivity contribution is 5.74. The second-order valence-electron chi connectivity index (χ2n) is 8.26. The molecule has 174 valence electrons. The molecule has 2 aromatic rings. The average Bonchev–Trinajstić information content (AvgIpc) is 2.72. The van der Waals surface area contributed by atoms with Crippen molar-refractivity contribution >= 4 is 11.6 Å². The number of halogens is 3. The summed E-state index contributed by atoms with van der Waals surface area (Å²) in [6.45, 7) is 6.25. The van der Waals surface area contributed by atoms with Gasteiger partial charge in [0.05, 0.1) is 0 Å². The predicted molar refractivity (Wildman–Crippen MR) is 116 cm³/mol. The van der Waals surface area contributed by atoms with Gasteiger partial charge in [-0.15, -0.1) is 13.2 Å². The highest BCUT2D eigenvalue weighted by Crippen LogP contribution is 2.30. The number of carbonyl (C=O) groups is 1. The Morgan fingerprint density at radius 3 is 2.47 bits per heavy atom. The molecule has 0 unspecified atom stereocenters. The first-order valence-electron chi connectivity index (χ1n) is 10.7. The molecule has 0 spiro atoms. The molecule has 1 aliphatic rings. The molecule has 2 heterocycles. The molecule has 0 aliphatic carbocycles. The van der Waals surface area contributed by atoms with Crippen LogP contribution >= 0.6 is 0 Å². The van der Waals surface area contributed by atoms with E-state index in [2.05, 4.69) is 19.5 Å². The van der Waals surface area contributed by atoms with Gasteiger partial charge in [0.15, 0.2) is 0 Å². The summed E-state index contributed by atoms with van der Waals surface area (Å²) < 4.78 is 41.6. The van der Waals surface area contributed by atoms with Crippen molar-refractivity contribution in [1.29, 1.82) is 0 Å². The third kappa shape index (κ3) is 6.59. The number of alkyl halides is 3. The first-order chi connectivity index (χ1) is 15.1. The molecule has 1 aromatic heterocycles. The number of aryl methyl sites for hydroxylation is 1. The summed E-state index contributed by atoms with van der Waals surface area (Å²) in [5.74, 6) is -0.552. The molecule has 2 N–H and O–H groups in total. The quantitative estimate of drug-likeness (QED) is 0.658. The Morgan fingerprint density at radius 1 is 1.25 bits per heavy atom. The molecule has 9 heteroatoms. The van der Waals surface area contributed by atoms with Gasteiger partial charge in [0, 0.05) is 56.2 Å². The number of likely N-dealkylation sites (tertiary alicyclic amines) is 1. The number of hydrogen-bond donors (Lipinski definition) is 1. The van der Waals surface area contributed by atoms with Crippen molar-refractivity contribution in [2.45, 2.75) is 58.1 Å². The third-order valence-corrected chi connectivity index (χ3v) is 5.95. The minimum Gasteiger partial charge on any atom is -0.406 e. The van der Waals surface area contributed by atoms with Crippen molar-refractivity contribution in [3.63, 3.8) is 0 Å². The first-order valence-corrected chi connectivity index (χ1v) is 10.7. The number of rotatable bonds is 8. The largest absolute Gasteiger partial charge is 0.573 e. The zero-order valence-corrected chi connectivity index (χ0v) is 18.3. The average molecular weight is 451 g/mol. The van der Waals surface area contributed by atoms with E-state index in [-0.39, 0.29) is 23.7 Å². The van der Waals surface area contributed by atoms with E-state index in [0.29, 0.717) is 13.0 Å². The molecule has 32 heavy (non-hydrogen) atoms. The SMILES string of the molecule is Cc1ccncc1CN(c1ccc(OC(F)(F)F)cc1)C1CCN([C@H](C)CC(N)=O)CC1. The maximum absolute atomic E-state index is 12.5. The number of amides is 1. The van der Waals surface area contributed by atoms with Gasteiger partial charge < -0.3 is 15.4 Å². The zero-order chi connectivity index (χ0) is 23.3. The molecule has 6 nitrogen and oxygen atoms in total. The van der Waals surface area contributed by atoms with E-state index in [9.17, 15) is 18.0 Å². The standard InChI is InChI=1S/C23H29F3N4O2/c1-16-7-10-28-14-18(16)15-30(19-3-5-21(6-4-19)32-23(24,25)26)20-8-11-29(12-9-20)17(2)13-22(27)31/h3-7,10,14,17,20H,8-9,11-13,15H2,1-2H3,(H2,27,31)/t17-/m1/s1. The summed E-state index contributed by atoms with van der Waals surface area (Å²) in [6.07, 6.45) is 0.900. The van der Waals surface area contributed by atoms with Crippen LogP contribution in [-0.2, 0) is 11.3 Å². The minimum absolute atomic E-state index is 0.0845. The van der Waals surface area contributed by atoms with E-state index in [0.717, 1.165) is 42.7 Å². The predicted octanol–water partition coefficient (Wildman–Crippen LogP) is 4.02. The Kier molecular flexibility index (Phi) is 7.60. The molecule has 1 aromatic carbocycles. The zero-order valence-electron chi connectivity index (χ0n) is 18.3. The lowest BCUT2D eigenvalue weighted by molar-refractivity contribution is -0.274. The monoisotopic (exact) mass is 450 g/mol. The maximum Gasteiger partial charge on any atom is 0.573 e. The van der Waals surface area contributed by atoms with Crippen molar-refractivity contribution in [3.8, 4) is 5.75 Å². The molecule has 0 saturated carbocycles. The van der Waals surface area contributed by atoms with Crippen LogP contribution in [0, 0.1) is 6.92 Å². The number of nitrogens with zero attached hydrogens (tertiary/aromatic N) is 3. The Labute approximate surface area is 186 Å². The van der Waals surface area contributed by atoms with E-state index in [4.69, 9.17) is 5.73 Å². The van der Waals surface area contributed by atoms with Gasteiger partial charge in [-0.05, 0) is 68.1 Å². The molecule has 0 bridgehead atoms. The molecule has 1 aliphatic heterocycles.